The summed E-state index contributed by atoms with van der Waals surface area (Å²) >= 11 is 0. The Morgan fingerprint density at radius 3 is 2.30 bits per heavy atom. The Bertz CT molecular complexity index is 1490. The first kappa shape index (κ1) is 28.4. The Labute approximate surface area is 233 Å². The van der Waals surface area contributed by atoms with E-state index in [-0.39, 0.29) is 11.9 Å². The standard InChI is InChI=1S/C31H36N6O3/c1-31(2,32)29(39)37-27(16-23-19-34-26-11-7-6-10-25(23)26)28(38)35-17-20-12-14-21(15-13-20)24-9-5-4-8-22(24)18-36-30(40)33-3/h4-15,19,27,34H,16-18,32H2,1-3H3,(H,35,38)(H,37,39)(H2,33,36,40)/t27-/m1/s1. The molecule has 4 rings (SSSR count). The highest BCUT2D eigenvalue weighted by molar-refractivity contribution is 5.92. The quantitative estimate of drug-likeness (QED) is 0.183. The van der Waals surface area contributed by atoms with Gasteiger partial charge in [-0.1, -0.05) is 66.7 Å². The van der Waals surface area contributed by atoms with Crippen molar-refractivity contribution in [3.05, 3.63) is 95.7 Å². The van der Waals surface area contributed by atoms with Gasteiger partial charge in [0.15, 0.2) is 0 Å². The molecule has 4 amide bonds. The van der Waals surface area contributed by atoms with Crippen molar-refractivity contribution in [1.82, 2.24) is 26.3 Å². The van der Waals surface area contributed by atoms with Crippen molar-refractivity contribution < 1.29 is 14.4 Å². The molecule has 4 aromatic rings. The number of urea groups is 1. The molecule has 0 unspecified atom stereocenters. The number of nitrogens with two attached hydrogens (primary N) is 1. The van der Waals surface area contributed by atoms with Gasteiger partial charge in [0.25, 0.3) is 0 Å². The third-order valence-electron chi connectivity index (χ3n) is 6.72. The number of fused-ring (bicyclic) bond motifs is 1. The SMILES string of the molecule is CNC(=O)NCc1ccccc1-c1ccc(CNC(=O)[C@@H](Cc2c[nH]c3ccccc23)NC(=O)C(C)(C)N)cc1. The monoisotopic (exact) mass is 540 g/mol. The Balaban J connectivity index is 1.45. The summed E-state index contributed by atoms with van der Waals surface area (Å²) in [6, 6.07) is 22.6. The van der Waals surface area contributed by atoms with E-state index < -0.39 is 17.5 Å². The molecule has 9 nitrogen and oxygen atoms in total. The predicted octanol–water partition coefficient (Wildman–Crippen LogP) is 3.34. The van der Waals surface area contributed by atoms with Crippen molar-refractivity contribution in [1.29, 1.82) is 0 Å². The number of benzene rings is 3. The molecule has 0 saturated carbocycles. The molecule has 0 radical (unpaired) electrons. The number of H-pyrrole nitrogens is 1. The minimum atomic E-state index is -1.12. The van der Waals surface area contributed by atoms with Gasteiger partial charge in [-0.3, -0.25) is 9.59 Å². The van der Waals surface area contributed by atoms with Gasteiger partial charge in [0.1, 0.15) is 6.04 Å². The fourth-order valence-corrected chi connectivity index (χ4v) is 4.41. The number of aromatic amines is 1. The van der Waals surface area contributed by atoms with Crippen LogP contribution < -0.4 is 27.0 Å². The molecule has 0 fully saturated rings. The molecule has 0 bridgehead atoms. The van der Waals surface area contributed by atoms with Gasteiger partial charge in [0, 0.05) is 43.7 Å². The highest BCUT2D eigenvalue weighted by Crippen LogP contribution is 2.24. The van der Waals surface area contributed by atoms with E-state index in [0.29, 0.717) is 19.5 Å². The fraction of sp³-hybridized carbons (Fsp3) is 0.258. The number of aromatic nitrogens is 1. The van der Waals surface area contributed by atoms with E-state index in [1.54, 1.807) is 20.9 Å². The normalized spacial score (nSPS) is 12.0. The summed E-state index contributed by atoms with van der Waals surface area (Å²) in [6.07, 6.45) is 2.18. The summed E-state index contributed by atoms with van der Waals surface area (Å²) in [5, 5.41) is 12.2. The summed E-state index contributed by atoms with van der Waals surface area (Å²) in [6.45, 7) is 3.91. The molecule has 0 aliphatic rings. The lowest BCUT2D eigenvalue weighted by atomic mass is 9.98. The van der Waals surface area contributed by atoms with Gasteiger partial charge >= 0.3 is 6.03 Å². The van der Waals surface area contributed by atoms with Gasteiger partial charge < -0.3 is 32.0 Å². The molecule has 7 N–H and O–H groups in total. The van der Waals surface area contributed by atoms with Crippen LogP contribution in [0.25, 0.3) is 22.0 Å². The number of carbonyl (C=O) groups excluding carboxylic acids is 3. The summed E-state index contributed by atoms with van der Waals surface area (Å²) in [4.78, 5) is 40.8. The maximum absolute atomic E-state index is 13.3. The number of amides is 4. The van der Waals surface area contributed by atoms with Gasteiger partial charge in [-0.05, 0) is 47.7 Å². The first-order valence-corrected chi connectivity index (χ1v) is 13.2. The summed E-state index contributed by atoms with van der Waals surface area (Å²) in [7, 11) is 1.58. The van der Waals surface area contributed by atoms with E-state index in [1.165, 1.54) is 0 Å². The second-order valence-corrected chi connectivity index (χ2v) is 10.3. The number of nitrogens with one attached hydrogen (secondary N) is 5. The van der Waals surface area contributed by atoms with E-state index in [0.717, 1.165) is 38.7 Å². The van der Waals surface area contributed by atoms with Crippen molar-refractivity contribution in [3.63, 3.8) is 0 Å². The van der Waals surface area contributed by atoms with Crippen LogP contribution in [0.5, 0.6) is 0 Å². The van der Waals surface area contributed by atoms with Gasteiger partial charge in [-0.15, -0.1) is 0 Å². The molecule has 1 aromatic heterocycles. The second-order valence-electron chi connectivity index (χ2n) is 10.3. The maximum Gasteiger partial charge on any atom is 0.314 e. The smallest absolute Gasteiger partial charge is 0.314 e. The molecule has 0 aliphatic heterocycles. The number of rotatable bonds is 10. The number of para-hydroxylation sites is 1. The Hall–Kier alpha value is -4.63. The van der Waals surface area contributed by atoms with Crippen LogP contribution in [0.1, 0.15) is 30.5 Å². The molecule has 9 heteroatoms. The van der Waals surface area contributed by atoms with Crippen LogP contribution in [0, 0.1) is 0 Å². The Kier molecular flexibility index (Phi) is 8.86. The molecule has 3 aromatic carbocycles. The van der Waals surface area contributed by atoms with E-state index in [4.69, 9.17) is 5.73 Å². The van der Waals surface area contributed by atoms with Crippen molar-refractivity contribution in [2.24, 2.45) is 5.73 Å². The first-order valence-electron chi connectivity index (χ1n) is 13.2. The molecular weight excluding hydrogens is 504 g/mol. The van der Waals surface area contributed by atoms with Crippen LogP contribution in [0.4, 0.5) is 4.79 Å². The number of hydrogen-bond acceptors (Lipinski definition) is 4. The zero-order valence-electron chi connectivity index (χ0n) is 23.0. The zero-order chi connectivity index (χ0) is 28.7. The van der Waals surface area contributed by atoms with Crippen molar-refractivity contribution in [3.8, 4) is 11.1 Å². The topological polar surface area (TPSA) is 141 Å². The van der Waals surface area contributed by atoms with Crippen LogP contribution in [0.15, 0.2) is 79.0 Å². The third-order valence-corrected chi connectivity index (χ3v) is 6.72. The fourth-order valence-electron chi connectivity index (χ4n) is 4.41. The molecule has 208 valence electrons. The van der Waals surface area contributed by atoms with Crippen LogP contribution >= 0.6 is 0 Å². The summed E-state index contributed by atoms with van der Waals surface area (Å²) in [5.74, 6) is -0.695. The minimum Gasteiger partial charge on any atom is -0.361 e. The molecule has 0 saturated heterocycles. The second kappa shape index (κ2) is 12.5. The highest BCUT2D eigenvalue weighted by Gasteiger charge is 2.28. The van der Waals surface area contributed by atoms with Gasteiger partial charge in [-0.25, -0.2) is 4.79 Å². The lowest BCUT2D eigenvalue weighted by Gasteiger charge is -2.24. The van der Waals surface area contributed by atoms with E-state index in [9.17, 15) is 14.4 Å². The van der Waals surface area contributed by atoms with Crippen molar-refractivity contribution >= 4 is 28.7 Å². The maximum atomic E-state index is 13.3. The van der Waals surface area contributed by atoms with Gasteiger partial charge in [0.05, 0.1) is 5.54 Å². The average molecular weight is 541 g/mol. The van der Waals surface area contributed by atoms with E-state index >= 15 is 0 Å². The zero-order valence-corrected chi connectivity index (χ0v) is 23.0. The number of carbonyl (C=O) groups is 3. The summed E-state index contributed by atoms with van der Waals surface area (Å²) < 4.78 is 0. The van der Waals surface area contributed by atoms with Gasteiger partial charge in [-0.2, -0.15) is 0 Å². The first-order chi connectivity index (χ1) is 19.2. The third kappa shape index (κ3) is 7.06. The van der Waals surface area contributed by atoms with Crippen LogP contribution in [-0.4, -0.2) is 41.5 Å². The van der Waals surface area contributed by atoms with Gasteiger partial charge in [0.2, 0.25) is 11.8 Å². The molecule has 40 heavy (non-hydrogen) atoms. The summed E-state index contributed by atoms with van der Waals surface area (Å²) in [5.41, 5.74) is 10.7. The minimum absolute atomic E-state index is 0.241. The molecule has 0 spiro atoms. The molecule has 0 aliphatic carbocycles. The predicted molar refractivity (Wildman–Crippen MR) is 157 cm³/mol. The van der Waals surface area contributed by atoms with Crippen LogP contribution in [-0.2, 0) is 29.1 Å². The molecule has 1 atom stereocenters. The molecule has 1 heterocycles. The Morgan fingerprint density at radius 2 is 1.57 bits per heavy atom. The number of hydrogen-bond donors (Lipinski definition) is 6. The molecular formula is C31H36N6O3. The van der Waals surface area contributed by atoms with E-state index in [2.05, 4.69) is 26.3 Å². The lowest BCUT2D eigenvalue weighted by Crippen LogP contribution is -2.56. The Morgan fingerprint density at radius 1 is 0.875 bits per heavy atom. The largest absolute Gasteiger partial charge is 0.361 e. The van der Waals surface area contributed by atoms with Crippen molar-refractivity contribution in [2.75, 3.05) is 7.05 Å². The average Bonchev–Trinajstić information content (AvgIpc) is 3.36. The van der Waals surface area contributed by atoms with Crippen LogP contribution in [0.3, 0.4) is 0 Å². The lowest BCUT2D eigenvalue weighted by molar-refractivity contribution is -0.131. The highest BCUT2D eigenvalue weighted by atomic mass is 16.2. The van der Waals surface area contributed by atoms with Crippen molar-refractivity contribution in [2.45, 2.75) is 44.9 Å². The van der Waals surface area contributed by atoms with E-state index in [1.807, 2.05) is 79.0 Å². The van der Waals surface area contributed by atoms with Crippen LogP contribution in [0.2, 0.25) is 0 Å².